The van der Waals surface area contributed by atoms with Crippen LogP contribution in [0, 0.1) is 0 Å². The first kappa shape index (κ1) is 15.1. The number of hydrogen-bond acceptors (Lipinski definition) is 4. The molecule has 2 amide bonds. The van der Waals surface area contributed by atoms with Gasteiger partial charge in [-0.05, 0) is 11.6 Å². The van der Waals surface area contributed by atoms with Crippen molar-refractivity contribution in [2.45, 2.75) is 6.54 Å². The lowest BCUT2D eigenvalue weighted by Gasteiger charge is -2.08. The number of primary amides is 1. The van der Waals surface area contributed by atoms with Gasteiger partial charge in [-0.15, -0.1) is 0 Å². The van der Waals surface area contributed by atoms with E-state index in [-0.39, 0.29) is 12.5 Å². The Hall–Kier alpha value is -1.92. The first-order valence-corrected chi connectivity index (χ1v) is 5.99. The molecule has 0 bridgehead atoms. The number of carbonyl (C=O) groups excluding carboxylic acids is 2. The van der Waals surface area contributed by atoms with Gasteiger partial charge in [-0.1, -0.05) is 18.2 Å². The number of amides is 2. The maximum atomic E-state index is 11.4. The third kappa shape index (κ3) is 5.50. The van der Waals surface area contributed by atoms with Crippen LogP contribution in [-0.4, -0.2) is 38.6 Å². The topological polar surface area (TPSA) is 93.4 Å². The van der Waals surface area contributed by atoms with Gasteiger partial charge in [0.1, 0.15) is 0 Å². The summed E-state index contributed by atoms with van der Waals surface area (Å²) in [5.74, 6) is -0.587. The average molecular weight is 265 g/mol. The quantitative estimate of drug-likeness (QED) is 0.559. The molecule has 0 aromatic heterocycles. The normalized spacial score (nSPS) is 10.2. The fourth-order valence-electron chi connectivity index (χ4n) is 1.58. The highest BCUT2D eigenvalue weighted by molar-refractivity contribution is 5.94. The van der Waals surface area contributed by atoms with E-state index in [9.17, 15) is 9.59 Å². The van der Waals surface area contributed by atoms with Gasteiger partial charge in [-0.2, -0.15) is 0 Å². The van der Waals surface area contributed by atoms with Crippen molar-refractivity contribution in [3.63, 3.8) is 0 Å². The SMILES string of the molecule is COCCNC(=O)CNCc1ccccc1C(N)=O. The van der Waals surface area contributed by atoms with Crippen LogP contribution in [0.25, 0.3) is 0 Å². The predicted octanol–water partition coefficient (Wildman–Crippen LogP) is -0.362. The number of ether oxygens (including phenoxy) is 1. The van der Waals surface area contributed by atoms with Crippen LogP contribution in [-0.2, 0) is 16.1 Å². The monoisotopic (exact) mass is 265 g/mol. The van der Waals surface area contributed by atoms with Gasteiger partial charge in [0.05, 0.1) is 13.2 Å². The van der Waals surface area contributed by atoms with Gasteiger partial charge in [0, 0.05) is 25.8 Å². The number of carbonyl (C=O) groups is 2. The van der Waals surface area contributed by atoms with E-state index in [1.807, 2.05) is 6.07 Å². The molecule has 0 unspecified atom stereocenters. The molecule has 6 nitrogen and oxygen atoms in total. The summed E-state index contributed by atoms with van der Waals surface area (Å²) < 4.78 is 4.82. The van der Waals surface area contributed by atoms with Crippen molar-refractivity contribution in [3.8, 4) is 0 Å². The molecule has 0 heterocycles. The van der Waals surface area contributed by atoms with E-state index in [1.165, 1.54) is 0 Å². The van der Waals surface area contributed by atoms with Crippen molar-refractivity contribution in [1.82, 2.24) is 10.6 Å². The van der Waals surface area contributed by atoms with E-state index in [4.69, 9.17) is 10.5 Å². The summed E-state index contributed by atoms with van der Waals surface area (Å²) in [6, 6.07) is 7.04. The summed E-state index contributed by atoms with van der Waals surface area (Å²) in [5, 5.41) is 5.65. The Bertz CT molecular complexity index is 435. The lowest BCUT2D eigenvalue weighted by atomic mass is 10.1. The van der Waals surface area contributed by atoms with Gasteiger partial charge in [-0.3, -0.25) is 9.59 Å². The highest BCUT2D eigenvalue weighted by Gasteiger charge is 2.07. The second kappa shape index (κ2) is 8.23. The van der Waals surface area contributed by atoms with Crippen LogP contribution < -0.4 is 16.4 Å². The fourth-order valence-corrected chi connectivity index (χ4v) is 1.58. The molecule has 1 aromatic rings. The third-order valence-electron chi connectivity index (χ3n) is 2.51. The average Bonchev–Trinajstić information content (AvgIpc) is 2.39. The first-order chi connectivity index (χ1) is 9.15. The molecule has 0 atom stereocenters. The summed E-state index contributed by atoms with van der Waals surface area (Å²) >= 11 is 0. The molecule has 0 saturated heterocycles. The Morgan fingerprint density at radius 2 is 2.05 bits per heavy atom. The molecule has 0 spiro atoms. The van der Waals surface area contributed by atoms with Crippen LogP contribution in [0.2, 0.25) is 0 Å². The summed E-state index contributed by atoms with van der Waals surface area (Å²) in [6.07, 6.45) is 0. The van der Waals surface area contributed by atoms with Crippen LogP contribution >= 0.6 is 0 Å². The zero-order valence-corrected chi connectivity index (χ0v) is 10.9. The van der Waals surface area contributed by atoms with Crippen LogP contribution in [0.1, 0.15) is 15.9 Å². The smallest absolute Gasteiger partial charge is 0.249 e. The minimum Gasteiger partial charge on any atom is -0.383 e. The highest BCUT2D eigenvalue weighted by Crippen LogP contribution is 2.07. The maximum absolute atomic E-state index is 11.4. The molecule has 0 aliphatic rings. The van der Waals surface area contributed by atoms with Crippen LogP contribution in [0.15, 0.2) is 24.3 Å². The summed E-state index contributed by atoms with van der Waals surface area (Å²) in [5.41, 5.74) is 6.51. The second-order valence-corrected chi connectivity index (χ2v) is 3.97. The molecule has 0 radical (unpaired) electrons. The molecule has 0 aliphatic carbocycles. The molecule has 4 N–H and O–H groups in total. The zero-order valence-electron chi connectivity index (χ0n) is 10.9. The molecule has 1 rings (SSSR count). The van der Waals surface area contributed by atoms with E-state index in [0.29, 0.717) is 25.3 Å². The Balaban J connectivity index is 2.37. The van der Waals surface area contributed by atoms with E-state index in [0.717, 1.165) is 5.56 Å². The molecule has 19 heavy (non-hydrogen) atoms. The number of benzene rings is 1. The van der Waals surface area contributed by atoms with Crippen molar-refractivity contribution in [2.24, 2.45) is 5.73 Å². The second-order valence-electron chi connectivity index (χ2n) is 3.97. The van der Waals surface area contributed by atoms with Gasteiger partial charge in [0.2, 0.25) is 11.8 Å². The number of nitrogens with two attached hydrogens (primary N) is 1. The Morgan fingerprint density at radius 1 is 1.32 bits per heavy atom. The van der Waals surface area contributed by atoms with Crippen molar-refractivity contribution in [1.29, 1.82) is 0 Å². The van der Waals surface area contributed by atoms with Crippen molar-refractivity contribution in [2.75, 3.05) is 26.8 Å². The van der Waals surface area contributed by atoms with Crippen LogP contribution in [0.3, 0.4) is 0 Å². The molecule has 6 heteroatoms. The Labute approximate surface area is 112 Å². The minimum atomic E-state index is -0.470. The van der Waals surface area contributed by atoms with Gasteiger partial charge < -0.3 is 21.1 Å². The highest BCUT2D eigenvalue weighted by atomic mass is 16.5. The van der Waals surface area contributed by atoms with Crippen molar-refractivity contribution >= 4 is 11.8 Å². The van der Waals surface area contributed by atoms with Gasteiger partial charge >= 0.3 is 0 Å². The molecular weight excluding hydrogens is 246 g/mol. The lowest BCUT2D eigenvalue weighted by Crippen LogP contribution is -2.35. The standard InChI is InChI=1S/C13H19N3O3/c1-19-7-6-16-12(17)9-15-8-10-4-2-3-5-11(10)13(14)18/h2-5,15H,6-9H2,1H3,(H2,14,18)(H,16,17). The molecule has 0 aliphatic heterocycles. The molecular formula is C13H19N3O3. The van der Waals surface area contributed by atoms with E-state index in [2.05, 4.69) is 10.6 Å². The van der Waals surface area contributed by atoms with Crippen LogP contribution in [0.4, 0.5) is 0 Å². The van der Waals surface area contributed by atoms with Gasteiger partial charge in [0.15, 0.2) is 0 Å². The number of nitrogens with one attached hydrogen (secondary N) is 2. The predicted molar refractivity (Wildman–Crippen MR) is 71.6 cm³/mol. The van der Waals surface area contributed by atoms with E-state index in [1.54, 1.807) is 25.3 Å². The minimum absolute atomic E-state index is 0.117. The summed E-state index contributed by atoms with van der Waals surface area (Å²) in [6.45, 7) is 1.55. The van der Waals surface area contributed by atoms with E-state index < -0.39 is 5.91 Å². The third-order valence-corrected chi connectivity index (χ3v) is 2.51. The Morgan fingerprint density at radius 3 is 2.74 bits per heavy atom. The number of methoxy groups -OCH3 is 1. The molecule has 104 valence electrons. The van der Waals surface area contributed by atoms with Crippen LogP contribution in [0.5, 0.6) is 0 Å². The first-order valence-electron chi connectivity index (χ1n) is 5.99. The van der Waals surface area contributed by atoms with Gasteiger partial charge in [0.25, 0.3) is 0 Å². The van der Waals surface area contributed by atoms with E-state index >= 15 is 0 Å². The Kier molecular flexibility index (Phi) is 6.56. The molecule has 1 aromatic carbocycles. The van der Waals surface area contributed by atoms with Crippen molar-refractivity contribution in [3.05, 3.63) is 35.4 Å². The molecule has 0 fully saturated rings. The lowest BCUT2D eigenvalue weighted by molar-refractivity contribution is -0.120. The summed E-state index contributed by atoms with van der Waals surface area (Å²) in [4.78, 5) is 22.6. The fraction of sp³-hybridized carbons (Fsp3) is 0.385. The summed E-state index contributed by atoms with van der Waals surface area (Å²) in [7, 11) is 1.57. The van der Waals surface area contributed by atoms with Gasteiger partial charge in [-0.25, -0.2) is 0 Å². The molecule has 0 saturated carbocycles. The van der Waals surface area contributed by atoms with Crippen molar-refractivity contribution < 1.29 is 14.3 Å². The largest absolute Gasteiger partial charge is 0.383 e. The number of hydrogen-bond donors (Lipinski definition) is 3. The number of rotatable bonds is 8. The maximum Gasteiger partial charge on any atom is 0.249 e. The zero-order chi connectivity index (χ0) is 14.1.